The van der Waals surface area contributed by atoms with Crippen LogP contribution in [0, 0.1) is 0 Å². The van der Waals surface area contributed by atoms with Crippen molar-refractivity contribution in [3.05, 3.63) is 29.3 Å². The third kappa shape index (κ3) is 4.53. The molecule has 1 atom stereocenters. The molecule has 0 heterocycles. The van der Waals surface area contributed by atoms with Gasteiger partial charge in [0.15, 0.2) is 0 Å². The summed E-state index contributed by atoms with van der Waals surface area (Å²) in [6, 6.07) is 6.65. The predicted octanol–water partition coefficient (Wildman–Crippen LogP) is 2.08. The van der Waals surface area contributed by atoms with Gasteiger partial charge in [-0.2, -0.15) is 0 Å². The minimum atomic E-state index is -3.37. The Kier molecular flexibility index (Phi) is 5.24. The molecule has 1 unspecified atom stereocenters. The monoisotopic (exact) mass is 276 g/mol. The van der Waals surface area contributed by atoms with E-state index in [1.807, 2.05) is 6.92 Å². The van der Waals surface area contributed by atoms with Crippen LogP contribution in [-0.4, -0.2) is 26.8 Å². The summed E-state index contributed by atoms with van der Waals surface area (Å²) in [6.07, 6.45) is 0. The van der Waals surface area contributed by atoms with Crippen molar-refractivity contribution in [2.45, 2.75) is 19.1 Å². The van der Waals surface area contributed by atoms with Gasteiger partial charge < -0.3 is 5.32 Å². The lowest BCUT2D eigenvalue weighted by atomic mass is 10.3. The Bertz CT molecular complexity index is 462. The van der Waals surface area contributed by atoms with E-state index in [1.54, 1.807) is 31.2 Å². The maximum Gasteiger partial charge on any atom is 0.236 e. The molecule has 0 saturated heterocycles. The SMILES string of the molecule is CCNCC(C)S(=O)(=O)Nc1cccc(Cl)c1. The third-order valence-electron chi connectivity index (χ3n) is 2.30. The Hall–Kier alpha value is -0.780. The first-order chi connectivity index (χ1) is 7.95. The second-order valence-electron chi connectivity index (χ2n) is 3.78. The van der Waals surface area contributed by atoms with Gasteiger partial charge in [-0.1, -0.05) is 24.6 Å². The van der Waals surface area contributed by atoms with Crippen LogP contribution in [0.5, 0.6) is 0 Å². The first-order valence-corrected chi connectivity index (χ1v) is 7.36. The molecule has 0 aliphatic rings. The molecule has 2 N–H and O–H groups in total. The molecule has 0 bridgehead atoms. The molecular formula is C11H17ClN2O2S. The van der Waals surface area contributed by atoms with Gasteiger partial charge in [-0.05, 0) is 31.7 Å². The van der Waals surface area contributed by atoms with Crippen LogP contribution in [0.1, 0.15) is 13.8 Å². The summed E-state index contributed by atoms with van der Waals surface area (Å²) in [7, 11) is -3.37. The molecule has 0 saturated carbocycles. The van der Waals surface area contributed by atoms with Crippen LogP contribution >= 0.6 is 11.6 Å². The van der Waals surface area contributed by atoms with Gasteiger partial charge in [-0.15, -0.1) is 0 Å². The second-order valence-corrected chi connectivity index (χ2v) is 6.31. The maximum absolute atomic E-state index is 11.9. The Balaban J connectivity index is 2.72. The standard InChI is InChI=1S/C11H17ClN2O2S/c1-3-13-8-9(2)17(15,16)14-11-6-4-5-10(12)7-11/h4-7,9,13-14H,3,8H2,1-2H3. The van der Waals surface area contributed by atoms with Crippen LogP contribution in [0.3, 0.4) is 0 Å². The Labute approximate surface area is 107 Å². The average molecular weight is 277 g/mol. The molecule has 0 aliphatic carbocycles. The minimum Gasteiger partial charge on any atom is -0.316 e. The molecule has 0 aromatic heterocycles. The zero-order valence-corrected chi connectivity index (χ0v) is 11.5. The molecule has 0 radical (unpaired) electrons. The van der Waals surface area contributed by atoms with Gasteiger partial charge in [-0.3, -0.25) is 4.72 Å². The summed E-state index contributed by atoms with van der Waals surface area (Å²) in [5.41, 5.74) is 0.487. The van der Waals surface area contributed by atoms with E-state index in [0.717, 1.165) is 6.54 Å². The normalized spacial score (nSPS) is 13.4. The number of hydrogen-bond acceptors (Lipinski definition) is 3. The van der Waals surface area contributed by atoms with Crippen molar-refractivity contribution in [2.75, 3.05) is 17.8 Å². The van der Waals surface area contributed by atoms with Crippen molar-refractivity contribution >= 4 is 27.3 Å². The molecule has 96 valence electrons. The number of nitrogens with one attached hydrogen (secondary N) is 2. The van der Waals surface area contributed by atoms with E-state index in [9.17, 15) is 8.42 Å². The predicted molar refractivity (Wildman–Crippen MR) is 72.0 cm³/mol. The van der Waals surface area contributed by atoms with Gasteiger partial charge >= 0.3 is 0 Å². The topological polar surface area (TPSA) is 58.2 Å². The summed E-state index contributed by atoms with van der Waals surface area (Å²) >= 11 is 5.79. The number of hydrogen-bond donors (Lipinski definition) is 2. The van der Waals surface area contributed by atoms with Gasteiger partial charge in [0.2, 0.25) is 10.0 Å². The molecule has 0 amide bonds. The number of benzene rings is 1. The molecule has 0 fully saturated rings. The lowest BCUT2D eigenvalue weighted by molar-refractivity contribution is 0.579. The van der Waals surface area contributed by atoms with Crippen molar-refractivity contribution in [3.8, 4) is 0 Å². The van der Waals surface area contributed by atoms with E-state index in [2.05, 4.69) is 10.0 Å². The van der Waals surface area contributed by atoms with E-state index in [4.69, 9.17) is 11.6 Å². The highest BCUT2D eigenvalue weighted by molar-refractivity contribution is 7.93. The van der Waals surface area contributed by atoms with Crippen molar-refractivity contribution in [1.29, 1.82) is 0 Å². The summed E-state index contributed by atoms with van der Waals surface area (Å²) in [5.74, 6) is 0. The Morgan fingerprint density at radius 2 is 2.12 bits per heavy atom. The fraction of sp³-hybridized carbons (Fsp3) is 0.455. The van der Waals surface area contributed by atoms with Crippen molar-refractivity contribution in [2.24, 2.45) is 0 Å². The van der Waals surface area contributed by atoms with Gasteiger partial charge in [0.05, 0.1) is 5.25 Å². The molecule has 1 aromatic rings. The molecule has 1 aromatic carbocycles. The zero-order valence-electron chi connectivity index (χ0n) is 9.90. The van der Waals surface area contributed by atoms with Gasteiger partial charge in [0.1, 0.15) is 0 Å². The van der Waals surface area contributed by atoms with E-state index in [1.165, 1.54) is 0 Å². The summed E-state index contributed by atoms with van der Waals surface area (Å²) in [4.78, 5) is 0. The van der Waals surface area contributed by atoms with Gasteiger partial charge in [0, 0.05) is 17.3 Å². The molecular weight excluding hydrogens is 260 g/mol. The Morgan fingerprint density at radius 3 is 2.71 bits per heavy atom. The zero-order chi connectivity index (χ0) is 12.9. The smallest absolute Gasteiger partial charge is 0.236 e. The number of halogens is 1. The van der Waals surface area contributed by atoms with Crippen LogP contribution in [0.4, 0.5) is 5.69 Å². The summed E-state index contributed by atoms with van der Waals surface area (Å²) in [6.45, 7) is 4.77. The van der Waals surface area contributed by atoms with Crippen LogP contribution < -0.4 is 10.0 Å². The highest BCUT2D eigenvalue weighted by Crippen LogP contribution is 2.17. The number of sulfonamides is 1. The van der Waals surface area contributed by atoms with Crippen molar-refractivity contribution in [1.82, 2.24) is 5.32 Å². The molecule has 17 heavy (non-hydrogen) atoms. The van der Waals surface area contributed by atoms with E-state index in [-0.39, 0.29) is 0 Å². The van der Waals surface area contributed by atoms with E-state index in [0.29, 0.717) is 17.3 Å². The lowest BCUT2D eigenvalue weighted by Gasteiger charge is -2.15. The third-order valence-corrected chi connectivity index (χ3v) is 4.28. The lowest BCUT2D eigenvalue weighted by Crippen LogP contribution is -2.34. The minimum absolute atomic E-state index is 0.423. The fourth-order valence-corrected chi connectivity index (χ4v) is 2.46. The molecule has 0 aliphatic heterocycles. The number of anilines is 1. The summed E-state index contributed by atoms with van der Waals surface area (Å²) < 4.78 is 26.4. The van der Waals surface area contributed by atoms with Crippen LogP contribution in [-0.2, 0) is 10.0 Å². The average Bonchev–Trinajstić information content (AvgIpc) is 2.25. The highest BCUT2D eigenvalue weighted by atomic mass is 35.5. The number of rotatable bonds is 6. The molecule has 6 heteroatoms. The molecule has 0 spiro atoms. The van der Waals surface area contributed by atoms with Crippen LogP contribution in [0.2, 0.25) is 5.02 Å². The van der Waals surface area contributed by atoms with E-state index >= 15 is 0 Å². The van der Waals surface area contributed by atoms with Gasteiger partial charge in [-0.25, -0.2) is 8.42 Å². The molecule has 4 nitrogen and oxygen atoms in total. The first kappa shape index (κ1) is 14.3. The van der Waals surface area contributed by atoms with E-state index < -0.39 is 15.3 Å². The molecule has 1 rings (SSSR count). The largest absolute Gasteiger partial charge is 0.316 e. The Morgan fingerprint density at radius 1 is 1.41 bits per heavy atom. The van der Waals surface area contributed by atoms with Gasteiger partial charge in [0.25, 0.3) is 0 Å². The quantitative estimate of drug-likeness (QED) is 0.836. The second kappa shape index (κ2) is 6.23. The summed E-state index contributed by atoms with van der Waals surface area (Å²) in [5, 5.41) is 3.01. The first-order valence-electron chi connectivity index (χ1n) is 5.43. The van der Waals surface area contributed by atoms with Crippen LogP contribution in [0.15, 0.2) is 24.3 Å². The van der Waals surface area contributed by atoms with Crippen molar-refractivity contribution < 1.29 is 8.42 Å². The highest BCUT2D eigenvalue weighted by Gasteiger charge is 2.19. The van der Waals surface area contributed by atoms with Crippen molar-refractivity contribution in [3.63, 3.8) is 0 Å². The maximum atomic E-state index is 11.9. The van der Waals surface area contributed by atoms with Crippen LogP contribution in [0.25, 0.3) is 0 Å². The fourth-order valence-electron chi connectivity index (χ4n) is 1.27.